The lowest BCUT2D eigenvalue weighted by Gasteiger charge is -2.11. The number of aromatic nitrogens is 4. The second-order valence-corrected chi connectivity index (χ2v) is 7.29. The lowest BCUT2D eigenvalue weighted by Crippen LogP contribution is -2.31. The Labute approximate surface area is 151 Å². The number of nitrogens with two attached hydrogens (primary N) is 1. The fraction of sp³-hybridized carbons (Fsp3) is 0.267. The molecule has 0 unspecified atom stereocenters. The Balaban J connectivity index is 1.92. The molecule has 0 spiro atoms. The highest BCUT2D eigenvalue weighted by molar-refractivity contribution is 8.00. The molecule has 0 bridgehead atoms. The molecular weight excluding hydrogens is 360 g/mol. The maximum absolute atomic E-state index is 12.7. The molecule has 8 nitrogen and oxygen atoms in total. The molecule has 0 fully saturated rings. The average molecular weight is 376 g/mol. The van der Waals surface area contributed by atoms with Crippen LogP contribution in [-0.2, 0) is 17.1 Å². The lowest BCUT2D eigenvalue weighted by atomic mass is 10.2. The zero-order valence-corrected chi connectivity index (χ0v) is 15.1. The first kappa shape index (κ1) is 17.4. The highest BCUT2D eigenvalue weighted by atomic mass is 32.2. The number of nitrogens with one attached hydrogen (secondary N) is 1. The number of hydrogen-bond acceptors (Lipinski definition) is 8. The normalized spacial score (nSPS) is 10.9. The van der Waals surface area contributed by atoms with Crippen molar-refractivity contribution in [2.24, 2.45) is 5.73 Å². The van der Waals surface area contributed by atoms with E-state index in [4.69, 9.17) is 5.73 Å². The van der Waals surface area contributed by atoms with E-state index in [0.717, 1.165) is 16.0 Å². The lowest BCUT2D eigenvalue weighted by molar-refractivity contribution is -0.118. The van der Waals surface area contributed by atoms with E-state index in [1.807, 2.05) is 13.0 Å². The standard InChI is InChI=1S/C15H16N6O2S2/c1-2-17-14-19-20-15(25-14)24-8-12-18-10-6-4-3-5-9(10)13(23)21(12)7-11(16)22/h3-6H,2,7-8H2,1H3,(H2,16,22)(H,17,19). The summed E-state index contributed by atoms with van der Waals surface area (Å²) in [4.78, 5) is 28.5. The number of carbonyl (C=O) groups excluding carboxylic acids is 1. The van der Waals surface area contributed by atoms with E-state index in [0.29, 0.717) is 22.5 Å². The molecule has 1 amide bonds. The van der Waals surface area contributed by atoms with E-state index < -0.39 is 5.91 Å². The number of fused-ring (bicyclic) bond motifs is 1. The molecule has 0 aliphatic carbocycles. The molecule has 0 aliphatic rings. The molecular formula is C15H16N6O2S2. The molecule has 3 rings (SSSR count). The summed E-state index contributed by atoms with van der Waals surface area (Å²) >= 11 is 2.84. The van der Waals surface area contributed by atoms with Crippen molar-refractivity contribution in [1.82, 2.24) is 19.7 Å². The summed E-state index contributed by atoms with van der Waals surface area (Å²) in [5.74, 6) is 0.275. The topological polar surface area (TPSA) is 116 Å². The number of carbonyl (C=O) groups is 1. The smallest absolute Gasteiger partial charge is 0.261 e. The van der Waals surface area contributed by atoms with Crippen molar-refractivity contribution in [3.8, 4) is 0 Å². The van der Waals surface area contributed by atoms with E-state index in [2.05, 4.69) is 20.5 Å². The summed E-state index contributed by atoms with van der Waals surface area (Å²) in [7, 11) is 0. The minimum atomic E-state index is -0.587. The Hall–Kier alpha value is -2.46. The Morgan fingerprint density at radius 3 is 2.92 bits per heavy atom. The van der Waals surface area contributed by atoms with Gasteiger partial charge in [0.05, 0.1) is 16.7 Å². The Morgan fingerprint density at radius 2 is 2.16 bits per heavy atom. The van der Waals surface area contributed by atoms with Crippen molar-refractivity contribution in [1.29, 1.82) is 0 Å². The maximum atomic E-state index is 12.7. The van der Waals surface area contributed by atoms with Crippen LogP contribution in [0.1, 0.15) is 12.7 Å². The van der Waals surface area contributed by atoms with E-state index in [1.165, 1.54) is 27.7 Å². The van der Waals surface area contributed by atoms with E-state index in [-0.39, 0.29) is 12.1 Å². The molecule has 2 aromatic heterocycles. The summed E-state index contributed by atoms with van der Waals surface area (Å²) in [6.07, 6.45) is 0. The van der Waals surface area contributed by atoms with Crippen LogP contribution >= 0.6 is 23.1 Å². The Bertz CT molecular complexity index is 968. The largest absolute Gasteiger partial charge is 0.368 e. The number of benzene rings is 1. The van der Waals surface area contributed by atoms with Crippen LogP contribution in [-0.4, -0.2) is 32.2 Å². The average Bonchev–Trinajstić information content (AvgIpc) is 3.03. The molecule has 0 saturated carbocycles. The minimum absolute atomic E-state index is 0.203. The molecule has 130 valence electrons. The van der Waals surface area contributed by atoms with Gasteiger partial charge in [-0.05, 0) is 19.1 Å². The van der Waals surface area contributed by atoms with Crippen LogP contribution in [0.15, 0.2) is 33.4 Å². The third-order valence-corrected chi connectivity index (χ3v) is 5.32. The molecule has 3 aromatic rings. The van der Waals surface area contributed by atoms with E-state index in [9.17, 15) is 9.59 Å². The number of thioether (sulfide) groups is 1. The molecule has 1 aromatic carbocycles. The Morgan fingerprint density at radius 1 is 1.36 bits per heavy atom. The first-order chi connectivity index (χ1) is 12.1. The summed E-state index contributed by atoms with van der Waals surface area (Å²) < 4.78 is 2.08. The first-order valence-electron chi connectivity index (χ1n) is 7.55. The van der Waals surface area contributed by atoms with Gasteiger partial charge < -0.3 is 11.1 Å². The van der Waals surface area contributed by atoms with Gasteiger partial charge in [-0.3, -0.25) is 14.2 Å². The quantitative estimate of drug-likeness (QED) is 0.600. The van der Waals surface area contributed by atoms with Crippen LogP contribution in [0.25, 0.3) is 10.9 Å². The molecule has 0 atom stereocenters. The van der Waals surface area contributed by atoms with Gasteiger partial charge >= 0.3 is 0 Å². The number of para-hydroxylation sites is 1. The zero-order chi connectivity index (χ0) is 17.8. The number of nitrogens with zero attached hydrogens (tertiary/aromatic N) is 4. The monoisotopic (exact) mass is 376 g/mol. The van der Waals surface area contributed by atoms with Gasteiger partial charge in [0.1, 0.15) is 12.4 Å². The predicted octanol–water partition coefficient (Wildman–Crippen LogP) is 1.46. The SMILES string of the molecule is CCNc1nnc(SCc2nc3ccccc3c(=O)n2CC(N)=O)s1. The van der Waals surface area contributed by atoms with Crippen molar-refractivity contribution in [3.63, 3.8) is 0 Å². The van der Waals surface area contributed by atoms with Crippen molar-refractivity contribution in [3.05, 3.63) is 40.4 Å². The van der Waals surface area contributed by atoms with Crippen molar-refractivity contribution >= 4 is 45.0 Å². The van der Waals surface area contributed by atoms with Gasteiger partial charge in [-0.15, -0.1) is 10.2 Å². The molecule has 25 heavy (non-hydrogen) atoms. The third kappa shape index (κ3) is 3.97. The third-order valence-electron chi connectivity index (χ3n) is 3.31. The van der Waals surface area contributed by atoms with Gasteiger partial charge in [-0.25, -0.2) is 4.98 Å². The van der Waals surface area contributed by atoms with Gasteiger partial charge in [0.25, 0.3) is 5.56 Å². The summed E-state index contributed by atoms with van der Waals surface area (Å²) in [6.45, 7) is 2.55. The number of amides is 1. The van der Waals surface area contributed by atoms with Gasteiger partial charge in [0.2, 0.25) is 11.0 Å². The molecule has 2 heterocycles. The highest BCUT2D eigenvalue weighted by Gasteiger charge is 2.14. The predicted molar refractivity (Wildman–Crippen MR) is 98.8 cm³/mol. The number of rotatable bonds is 7. The fourth-order valence-electron chi connectivity index (χ4n) is 2.26. The van der Waals surface area contributed by atoms with Gasteiger partial charge in [-0.1, -0.05) is 35.2 Å². The van der Waals surface area contributed by atoms with Crippen molar-refractivity contribution in [2.75, 3.05) is 11.9 Å². The highest BCUT2D eigenvalue weighted by Crippen LogP contribution is 2.27. The molecule has 3 N–H and O–H groups in total. The van der Waals surface area contributed by atoms with E-state index in [1.54, 1.807) is 18.2 Å². The molecule has 0 radical (unpaired) electrons. The van der Waals surface area contributed by atoms with Crippen LogP contribution in [0.2, 0.25) is 0 Å². The van der Waals surface area contributed by atoms with Gasteiger partial charge in [-0.2, -0.15) is 0 Å². The molecule has 0 saturated heterocycles. The summed E-state index contributed by atoms with van der Waals surface area (Å²) in [5.41, 5.74) is 5.61. The number of primary amides is 1. The minimum Gasteiger partial charge on any atom is -0.368 e. The number of anilines is 1. The zero-order valence-electron chi connectivity index (χ0n) is 13.4. The fourth-order valence-corrected chi connectivity index (χ4v) is 4.03. The van der Waals surface area contributed by atoms with Gasteiger partial charge in [0, 0.05) is 6.54 Å². The van der Waals surface area contributed by atoms with Crippen LogP contribution in [0.5, 0.6) is 0 Å². The second kappa shape index (κ2) is 7.62. The van der Waals surface area contributed by atoms with Gasteiger partial charge in [0.15, 0.2) is 4.34 Å². The summed E-state index contributed by atoms with van der Waals surface area (Å²) in [6, 6.07) is 7.04. The molecule has 0 aliphatic heterocycles. The number of hydrogen-bond donors (Lipinski definition) is 2. The Kier molecular flexibility index (Phi) is 5.29. The summed E-state index contributed by atoms with van der Waals surface area (Å²) in [5, 5.41) is 12.4. The van der Waals surface area contributed by atoms with Crippen molar-refractivity contribution < 1.29 is 4.79 Å². The molecule has 10 heteroatoms. The van der Waals surface area contributed by atoms with E-state index >= 15 is 0 Å². The van der Waals surface area contributed by atoms with Crippen LogP contribution in [0.3, 0.4) is 0 Å². The van der Waals surface area contributed by atoms with Crippen molar-refractivity contribution in [2.45, 2.75) is 23.6 Å². The van der Waals surface area contributed by atoms with Crippen LogP contribution in [0, 0.1) is 0 Å². The van der Waals surface area contributed by atoms with Crippen LogP contribution in [0.4, 0.5) is 5.13 Å². The maximum Gasteiger partial charge on any atom is 0.261 e. The van der Waals surface area contributed by atoms with Crippen LogP contribution < -0.4 is 16.6 Å². The first-order valence-corrected chi connectivity index (χ1v) is 9.35. The second-order valence-electron chi connectivity index (χ2n) is 5.09.